The Morgan fingerprint density at radius 2 is 2.06 bits per heavy atom. The second-order valence-corrected chi connectivity index (χ2v) is 4.26. The molecule has 1 amide bonds. The second kappa shape index (κ2) is 4.47. The van der Waals surface area contributed by atoms with Crippen molar-refractivity contribution in [3.8, 4) is 0 Å². The van der Waals surface area contributed by atoms with Gasteiger partial charge in [0.15, 0.2) is 0 Å². The van der Waals surface area contributed by atoms with Gasteiger partial charge in [0.2, 0.25) is 0 Å². The highest BCUT2D eigenvalue weighted by Crippen LogP contribution is 2.24. The molecule has 1 aliphatic heterocycles. The van der Waals surface area contributed by atoms with Gasteiger partial charge in [0.1, 0.15) is 6.29 Å². The van der Waals surface area contributed by atoms with Gasteiger partial charge in [-0.15, -0.1) is 0 Å². The van der Waals surface area contributed by atoms with E-state index in [9.17, 15) is 9.59 Å². The summed E-state index contributed by atoms with van der Waals surface area (Å²) < 4.78 is 0. The van der Waals surface area contributed by atoms with Gasteiger partial charge in [-0.25, -0.2) is 0 Å². The lowest BCUT2D eigenvalue weighted by atomic mass is 10.0. The number of carbonyl (C=O) groups is 2. The Labute approximate surface area is 95.1 Å². The maximum absolute atomic E-state index is 12.1. The van der Waals surface area contributed by atoms with E-state index in [0.29, 0.717) is 12.1 Å². The molecule has 1 fully saturated rings. The van der Waals surface area contributed by atoms with E-state index in [1.165, 1.54) is 0 Å². The molecule has 1 aliphatic rings. The van der Waals surface area contributed by atoms with Gasteiger partial charge in [-0.05, 0) is 24.5 Å². The molecule has 0 spiro atoms. The van der Waals surface area contributed by atoms with Crippen molar-refractivity contribution in [1.29, 1.82) is 0 Å². The van der Waals surface area contributed by atoms with Gasteiger partial charge in [-0.1, -0.05) is 25.1 Å². The largest absolute Gasteiger partial charge is 0.329 e. The third kappa shape index (κ3) is 1.85. The van der Waals surface area contributed by atoms with E-state index in [1.807, 2.05) is 25.1 Å². The Hall–Kier alpha value is -1.64. The molecule has 0 aliphatic carbocycles. The zero-order valence-electron chi connectivity index (χ0n) is 9.30. The fourth-order valence-corrected chi connectivity index (χ4v) is 2.16. The number of benzene rings is 1. The van der Waals surface area contributed by atoms with E-state index < -0.39 is 0 Å². The Morgan fingerprint density at radius 1 is 1.38 bits per heavy atom. The van der Waals surface area contributed by atoms with Crippen molar-refractivity contribution in [3.05, 3.63) is 35.9 Å². The molecule has 0 unspecified atom stereocenters. The first-order chi connectivity index (χ1) is 7.74. The molecule has 1 aromatic rings. The van der Waals surface area contributed by atoms with Crippen LogP contribution in [0.3, 0.4) is 0 Å². The Kier molecular flexibility index (Phi) is 3.04. The summed E-state index contributed by atoms with van der Waals surface area (Å²) in [5.41, 5.74) is 0.656. The molecule has 3 heteroatoms. The van der Waals surface area contributed by atoms with Crippen molar-refractivity contribution in [2.75, 3.05) is 6.54 Å². The molecular weight excluding hydrogens is 202 g/mol. The van der Waals surface area contributed by atoms with E-state index in [2.05, 4.69) is 0 Å². The number of aldehydes is 1. The molecule has 0 bridgehead atoms. The van der Waals surface area contributed by atoms with E-state index in [-0.39, 0.29) is 17.9 Å². The second-order valence-electron chi connectivity index (χ2n) is 4.26. The molecule has 0 N–H and O–H groups in total. The van der Waals surface area contributed by atoms with Gasteiger partial charge >= 0.3 is 0 Å². The number of carbonyl (C=O) groups excluding carboxylic acids is 2. The number of nitrogens with zero attached hydrogens (tertiary/aromatic N) is 1. The van der Waals surface area contributed by atoms with Crippen molar-refractivity contribution < 1.29 is 9.59 Å². The number of rotatable bonds is 2. The van der Waals surface area contributed by atoms with Crippen molar-refractivity contribution in [1.82, 2.24) is 4.90 Å². The number of hydrogen-bond donors (Lipinski definition) is 0. The van der Waals surface area contributed by atoms with Crippen LogP contribution in [-0.2, 0) is 4.79 Å². The number of likely N-dealkylation sites (tertiary alicyclic amines) is 1. The molecule has 0 radical (unpaired) electrons. The first-order valence-corrected chi connectivity index (χ1v) is 5.55. The van der Waals surface area contributed by atoms with E-state index in [1.54, 1.807) is 17.0 Å². The predicted octanol–water partition coefficient (Wildman–Crippen LogP) is 1.74. The zero-order valence-corrected chi connectivity index (χ0v) is 9.30. The molecule has 1 aromatic carbocycles. The maximum Gasteiger partial charge on any atom is 0.254 e. The van der Waals surface area contributed by atoms with Gasteiger partial charge in [-0.2, -0.15) is 0 Å². The smallest absolute Gasteiger partial charge is 0.254 e. The fraction of sp³-hybridized carbons (Fsp3) is 0.385. The monoisotopic (exact) mass is 217 g/mol. The summed E-state index contributed by atoms with van der Waals surface area (Å²) in [4.78, 5) is 24.8. The third-order valence-electron chi connectivity index (χ3n) is 3.19. The summed E-state index contributed by atoms with van der Waals surface area (Å²) in [5.74, 6) is 0.229. The highest BCUT2D eigenvalue weighted by Gasteiger charge is 2.34. The van der Waals surface area contributed by atoms with Crippen LogP contribution >= 0.6 is 0 Å². The molecule has 1 heterocycles. The lowest BCUT2D eigenvalue weighted by molar-refractivity contribution is -0.111. The molecule has 2 atom stereocenters. The normalized spacial score (nSPS) is 24.4. The van der Waals surface area contributed by atoms with Crippen LogP contribution < -0.4 is 0 Å². The standard InChI is InChI=1S/C13H15NO2/c1-10-7-8-14(12(10)9-15)13(16)11-5-3-2-4-6-11/h2-6,9-10,12H,7-8H2,1H3/t10-,12-/m1/s1. The van der Waals surface area contributed by atoms with Crippen LogP contribution in [-0.4, -0.2) is 29.7 Å². The van der Waals surface area contributed by atoms with Gasteiger partial charge in [0, 0.05) is 12.1 Å². The summed E-state index contributed by atoms with van der Waals surface area (Å²) in [6, 6.07) is 8.86. The Bertz CT molecular complexity index is 388. The maximum atomic E-state index is 12.1. The fourth-order valence-electron chi connectivity index (χ4n) is 2.16. The van der Waals surface area contributed by atoms with E-state index in [0.717, 1.165) is 12.7 Å². The van der Waals surface area contributed by atoms with Gasteiger partial charge in [0.25, 0.3) is 5.91 Å². The minimum atomic E-state index is -0.257. The predicted molar refractivity (Wildman–Crippen MR) is 61.1 cm³/mol. The molecule has 16 heavy (non-hydrogen) atoms. The van der Waals surface area contributed by atoms with Crippen LogP contribution in [0.2, 0.25) is 0 Å². The van der Waals surface area contributed by atoms with Crippen LogP contribution in [0.4, 0.5) is 0 Å². The van der Waals surface area contributed by atoms with Gasteiger partial charge < -0.3 is 9.69 Å². The first kappa shape index (κ1) is 10.9. The SMILES string of the molecule is C[C@@H]1CCN(C(=O)c2ccccc2)[C@@H]1C=O. The Balaban J connectivity index is 2.20. The van der Waals surface area contributed by atoms with Crippen LogP contribution in [0, 0.1) is 5.92 Å². The molecule has 0 saturated carbocycles. The average molecular weight is 217 g/mol. The molecule has 2 rings (SSSR count). The summed E-state index contributed by atoms with van der Waals surface area (Å²) in [6.45, 7) is 2.69. The minimum Gasteiger partial charge on any atom is -0.329 e. The molecule has 3 nitrogen and oxygen atoms in total. The minimum absolute atomic E-state index is 0.0398. The first-order valence-electron chi connectivity index (χ1n) is 5.55. The lowest BCUT2D eigenvalue weighted by Gasteiger charge is -2.22. The van der Waals surface area contributed by atoms with E-state index in [4.69, 9.17) is 0 Å². The number of hydrogen-bond acceptors (Lipinski definition) is 2. The van der Waals surface area contributed by atoms with E-state index >= 15 is 0 Å². The topological polar surface area (TPSA) is 37.4 Å². The van der Waals surface area contributed by atoms with Gasteiger partial charge in [0.05, 0.1) is 6.04 Å². The molecule has 84 valence electrons. The number of amides is 1. The Morgan fingerprint density at radius 3 is 2.69 bits per heavy atom. The molecule has 1 saturated heterocycles. The van der Waals surface area contributed by atoms with Crippen molar-refractivity contribution in [2.24, 2.45) is 5.92 Å². The molecule has 0 aromatic heterocycles. The van der Waals surface area contributed by atoms with Gasteiger partial charge in [-0.3, -0.25) is 4.79 Å². The average Bonchev–Trinajstić information content (AvgIpc) is 2.70. The zero-order chi connectivity index (χ0) is 11.5. The summed E-state index contributed by atoms with van der Waals surface area (Å²) in [6.07, 6.45) is 1.79. The van der Waals surface area contributed by atoms with Crippen molar-refractivity contribution in [3.63, 3.8) is 0 Å². The quantitative estimate of drug-likeness (QED) is 0.707. The highest BCUT2D eigenvalue weighted by atomic mass is 16.2. The van der Waals surface area contributed by atoms with Crippen LogP contribution in [0.25, 0.3) is 0 Å². The van der Waals surface area contributed by atoms with Crippen LogP contribution in [0.1, 0.15) is 23.7 Å². The van der Waals surface area contributed by atoms with Crippen molar-refractivity contribution >= 4 is 12.2 Å². The lowest BCUT2D eigenvalue weighted by Crippen LogP contribution is -2.38. The molecular formula is C13H15NO2. The highest BCUT2D eigenvalue weighted by molar-refractivity contribution is 5.96. The summed E-state index contributed by atoms with van der Waals surface area (Å²) in [5, 5.41) is 0. The van der Waals surface area contributed by atoms with Crippen LogP contribution in [0.5, 0.6) is 0 Å². The summed E-state index contributed by atoms with van der Waals surface area (Å²) in [7, 11) is 0. The third-order valence-corrected chi connectivity index (χ3v) is 3.19. The van der Waals surface area contributed by atoms with Crippen molar-refractivity contribution in [2.45, 2.75) is 19.4 Å². The van der Waals surface area contributed by atoms with Crippen LogP contribution in [0.15, 0.2) is 30.3 Å². The summed E-state index contributed by atoms with van der Waals surface area (Å²) >= 11 is 0.